The molecule has 0 aliphatic rings. The van der Waals surface area contributed by atoms with E-state index in [2.05, 4.69) is 217 Å². The molecule has 0 spiro atoms. The van der Waals surface area contributed by atoms with Crippen LogP contribution in [0, 0.1) is 0 Å². The molecule has 286 valence electrons. The predicted octanol–water partition coefficient (Wildman–Crippen LogP) is 17.2. The van der Waals surface area contributed by atoms with Gasteiger partial charge in [0.15, 0.2) is 0 Å². The average Bonchev–Trinajstić information content (AvgIpc) is 3.91. The smallest absolute Gasteiger partial charge is 0.143 e. The van der Waals surface area contributed by atoms with E-state index >= 15 is 0 Å². The zero-order valence-electron chi connectivity index (χ0n) is 33.1. The molecule has 0 fully saturated rings. The standard InChI is InChI=1S/C58H37NOS/c1-2-18-47-38(12-1)13-9-21-48(47)43-16-7-14-41(36-43)42-15-8-17-46(37-42)59(44-32-28-39(29-33-44)49-22-11-27-56-57(49)53-20-4-6-26-55(53)61-56)45-34-30-40(31-35-45)50-23-10-24-52-51-19-3-5-25-54(51)60-58(50)52/h1-37H. The van der Waals surface area contributed by atoms with Crippen molar-refractivity contribution < 1.29 is 4.42 Å². The van der Waals surface area contributed by atoms with Gasteiger partial charge in [0.1, 0.15) is 11.2 Å². The molecule has 0 amide bonds. The molecule has 0 aliphatic heterocycles. The van der Waals surface area contributed by atoms with Gasteiger partial charge in [-0.25, -0.2) is 0 Å². The van der Waals surface area contributed by atoms with Crippen molar-refractivity contribution in [2.75, 3.05) is 4.90 Å². The Morgan fingerprint density at radius 3 is 1.72 bits per heavy atom. The molecular formula is C58H37NOS. The van der Waals surface area contributed by atoms with Gasteiger partial charge in [0.25, 0.3) is 0 Å². The second-order valence-corrected chi connectivity index (χ2v) is 16.7. The zero-order chi connectivity index (χ0) is 40.3. The maximum Gasteiger partial charge on any atom is 0.143 e. The van der Waals surface area contributed by atoms with Crippen molar-refractivity contribution in [1.82, 2.24) is 0 Å². The Morgan fingerprint density at radius 2 is 0.885 bits per heavy atom. The first kappa shape index (κ1) is 35.2. The Kier molecular flexibility index (Phi) is 8.39. The molecule has 0 aliphatic carbocycles. The zero-order valence-corrected chi connectivity index (χ0v) is 33.9. The molecular weight excluding hydrogens is 759 g/mol. The molecule has 2 aromatic heterocycles. The van der Waals surface area contributed by atoms with Crippen molar-refractivity contribution in [2.45, 2.75) is 0 Å². The molecule has 61 heavy (non-hydrogen) atoms. The Bertz CT molecular complexity index is 3590. The van der Waals surface area contributed by atoms with Gasteiger partial charge in [0, 0.05) is 53.6 Å². The summed E-state index contributed by atoms with van der Waals surface area (Å²) < 4.78 is 9.07. The summed E-state index contributed by atoms with van der Waals surface area (Å²) in [5.41, 5.74) is 14.5. The third kappa shape index (κ3) is 6.09. The largest absolute Gasteiger partial charge is 0.455 e. The van der Waals surface area contributed by atoms with E-state index in [1.165, 1.54) is 58.8 Å². The Hall–Kier alpha value is -7.72. The van der Waals surface area contributed by atoms with Crippen LogP contribution in [0.3, 0.4) is 0 Å². The lowest BCUT2D eigenvalue weighted by atomic mass is 9.95. The van der Waals surface area contributed by atoms with Crippen LogP contribution in [0.5, 0.6) is 0 Å². The monoisotopic (exact) mass is 795 g/mol. The van der Waals surface area contributed by atoms with Crippen LogP contribution in [0.25, 0.3) is 97.4 Å². The van der Waals surface area contributed by atoms with Gasteiger partial charge in [-0.15, -0.1) is 11.3 Å². The minimum atomic E-state index is 0.905. The number of para-hydroxylation sites is 2. The van der Waals surface area contributed by atoms with Crippen LogP contribution in [0.4, 0.5) is 17.1 Å². The maximum atomic E-state index is 6.45. The number of hydrogen-bond acceptors (Lipinski definition) is 3. The summed E-state index contributed by atoms with van der Waals surface area (Å²) in [6.07, 6.45) is 0. The van der Waals surface area contributed by atoms with Crippen molar-refractivity contribution in [1.29, 1.82) is 0 Å². The van der Waals surface area contributed by atoms with Gasteiger partial charge in [-0.3, -0.25) is 0 Å². The van der Waals surface area contributed by atoms with Crippen LogP contribution < -0.4 is 4.90 Å². The van der Waals surface area contributed by atoms with Crippen LogP contribution in [-0.2, 0) is 0 Å². The van der Waals surface area contributed by atoms with E-state index in [1.807, 2.05) is 23.5 Å². The average molecular weight is 796 g/mol. The summed E-state index contributed by atoms with van der Waals surface area (Å²) in [7, 11) is 0. The minimum Gasteiger partial charge on any atom is -0.455 e. The van der Waals surface area contributed by atoms with E-state index in [1.54, 1.807) is 0 Å². The third-order valence-electron chi connectivity index (χ3n) is 12.1. The molecule has 0 bridgehead atoms. The summed E-state index contributed by atoms with van der Waals surface area (Å²) in [6, 6.07) is 81.2. The second kappa shape index (κ2) is 14.5. The quantitative estimate of drug-likeness (QED) is 0.160. The molecule has 0 radical (unpaired) electrons. The fraction of sp³-hybridized carbons (Fsp3) is 0. The lowest BCUT2D eigenvalue weighted by Crippen LogP contribution is -2.10. The molecule has 2 nitrogen and oxygen atoms in total. The lowest BCUT2D eigenvalue weighted by Gasteiger charge is -2.26. The predicted molar refractivity (Wildman–Crippen MR) is 261 cm³/mol. The van der Waals surface area contributed by atoms with Crippen LogP contribution in [0.1, 0.15) is 0 Å². The number of rotatable bonds is 7. The van der Waals surface area contributed by atoms with Gasteiger partial charge in [0.2, 0.25) is 0 Å². The van der Waals surface area contributed by atoms with Crippen molar-refractivity contribution >= 4 is 81.3 Å². The molecule has 0 atom stereocenters. The Labute approximate surface area is 357 Å². The molecule has 0 saturated heterocycles. The van der Waals surface area contributed by atoms with Gasteiger partial charge >= 0.3 is 0 Å². The molecule has 3 heteroatoms. The first-order valence-corrected chi connectivity index (χ1v) is 21.6. The highest BCUT2D eigenvalue weighted by atomic mass is 32.1. The van der Waals surface area contributed by atoms with E-state index in [4.69, 9.17) is 4.42 Å². The van der Waals surface area contributed by atoms with Crippen molar-refractivity contribution in [3.63, 3.8) is 0 Å². The molecule has 10 aromatic carbocycles. The first-order chi connectivity index (χ1) is 30.2. The van der Waals surface area contributed by atoms with Gasteiger partial charge < -0.3 is 9.32 Å². The molecule has 0 unspecified atom stereocenters. The fourth-order valence-corrected chi connectivity index (χ4v) is 10.3. The Balaban J connectivity index is 0.967. The van der Waals surface area contributed by atoms with Crippen LogP contribution in [-0.4, -0.2) is 0 Å². The molecule has 12 aromatic rings. The van der Waals surface area contributed by atoms with Crippen LogP contribution in [0.15, 0.2) is 229 Å². The number of thiophene rings is 1. The molecule has 0 saturated carbocycles. The highest BCUT2D eigenvalue weighted by Crippen LogP contribution is 2.43. The highest BCUT2D eigenvalue weighted by molar-refractivity contribution is 7.25. The molecule has 12 rings (SSSR count). The third-order valence-corrected chi connectivity index (χ3v) is 13.2. The number of nitrogens with zero attached hydrogens (tertiary/aromatic N) is 1. The number of benzene rings is 10. The van der Waals surface area contributed by atoms with E-state index in [0.717, 1.165) is 55.7 Å². The fourth-order valence-electron chi connectivity index (χ4n) is 9.19. The van der Waals surface area contributed by atoms with E-state index in [-0.39, 0.29) is 0 Å². The van der Waals surface area contributed by atoms with E-state index in [9.17, 15) is 0 Å². The van der Waals surface area contributed by atoms with E-state index in [0.29, 0.717) is 0 Å². The SMILES string of the molecule is c1cc(-c2cccc(N(c3ccc(-c4cccc5c4oc4ccccc45)cc3)c3ccc(-c4cccc5sc6ccccc6c45)cc3)c2)cc(-c2cccc3ccccc23)c1. The summed E-state index contributed by atoms with van der Waals surface area (Å²) in [6.45, 7) is 0. The highest BCUT2D eigenvalue weighted by Gasteiger charge is 2.18. The Morgan fingerprint density at radius 1 is 0.328 bits per heavy atom. The summed E-state index contributed by atoms with van der Waals surface area (Å²) in [5, 5.41) is 7.40. The second-order valence-electron chi connectivity index (χ2n) is 15.6. The van der Waals surface area contributed by atoms with Gasteiger partial charge in [-0.2, -0.15) is 0 Å². The lowest BCUT2D eigenvalue weighted by molar-refractivity contribution is 0.670. The van der Waals surface area contributed by atoms with Crippen LogP contribution >= 0.6 is 11.3 Å². The van der Waals surface area contributed by atoms with Crippen molar-refractivity contribution in [2.24, 2.45) is 0 Å². The number of hydrogen-bond donors (Lipinski definition) is 0. The summed E-state index contributed by atoms with van der Waals surface area (Å²) in [5.74, 6) is 0. The van der Waals surface area contributed by atoms with E-state index < -0.39 is 0 Å². The minimum absolute atomic E-state index is 0.905. The summed E-state index contributed by atoms with van der Waals surface area (Å²) >= 11 is 1.86. The summed E-state index contributed by atoms with van der Waals surface area (Å²) in [4.78, 5) is 2.37. The number of anilines is 3. The van der Waals surface area contributed by atoms with Crippen molar-refractivity contribution in [3.8, 4) is 44.5 Å². The van der Waals surface area contributed by atoms with Gasteiger partial charge in [-0.1, -0.05) is 164 Å². The molecule has 2 heterocycles. The maximum absolute atomic E-state index is 6.45. The van der Waals surface area contributed by atoms with Crippen molar-refractivity contribution in [3.05, 3.63) is 224 Å². The first-order valence-electron chi connectivity index (χ1n) is 20.7. The molecule has 0 N–H and O–H groups in total. The van der Waals surface area contributed by atoms with Gasteiger partial charge in [-0.05, 0) is 110 Å². The number of furan rings is 1. The number of fused-ring (bicyclic) bond motifs is 7. The normalized spacial score (nSPS) is 11.6. The topological polar surface area (TPSA) is 16.4 Å². The van der Waals surface area contributed by atoms with Gasteiger partial charge in [0.05, 0.1) is 0 Å². The van der Waals surface area contributed by atoms with Crippen LogP contribution in [0.2, 0.25) is 0 Å².